The lowest BCUT2D eigenvalue weighted by molar-refractivity contribution is 0.584. The topological polar surface area (TPSA) is 44.0 Å². The third-order valence-corrected chi connectivity index (χ3v) is 4.83. The van der Waals surface area contributed by atoms with Gasteiger partial charge in [0.05, 0.1) is 11.5 Å². The summed E-state index contributed by atoms with van der Waals surface area (Å²) in [5, 5.41) is 17.8. The highest BCUT2D eigenvalue weighted by atomic mass is 32.2. The molecule has 0 saturated heterocycles. The first kappa shape index (κ1) is 9.82. The van der Waals surface area contributed by atoms with Crippen LogP contribution in [-0.2, 0) is 0 Å². The Balaban J connectivity index is 2.27. The van der Waals surface area contributed by atoms with E-state index in [2.05, 4.69) is 18.3 Å². The number of thiol groups is 1. The van der Waals surface area contributed by atoms with Crippen LogP contribution in [0.4, 0.5) is 0 Å². The molecular formula is C8H13NOS2. The monoisotopic (exact) mass is 203 g/mol. The van der Waals surface area contributed by atoms with Gasteiger partial charge in [-0.2, -0.15) is 16.2 Å². The van der Waals surface area contributed by atoms with Crippen LogP contribution in [0.25, 0.3) is 0 Å². The fourth-order valence-electron chi connectivity index (χ4n) is 1.05. The first-order valence-electron chi connectivity index (χ1n) is 3.95. The van der Waals surface area contributed by atoms with Crippen LogP contribution >= 0.6 is 23.1 Å². The Morgan fingerprint density at radius 1 is 1.75 bits per heavy atom. The average molecular weight is 203 g/mol. The molecule has 1 saturated carbocycles. The summed E-state index contributed by atoms with van der Waals surface area (Å²) in [6.45, 7) is 0. The lowest BCUT2D eigenvalue weighted by atomic mass is 10.1. The molecule has 0 aromatic heterocycles. The Morgan fingerprint density at radius 2 is 2.33 bits per heavy atom. The molecule has 0 spiro atoms. The van der Waals surface area contributed by atoms with Crippen molar-refractivity contribution < 1.29 is 5.11 Å². The predicted molar refractivity (Wildman–Crippen MR) is 56.9 cm³/mol. The molecule has 0 heterocycles. The standard InChI is InChI=1S/C8H13NOS2/c1-12(7(10)11)5-4-8(6-9)2-3-8/h12H,2-5H2,1H3,(H,10,11). The molecule has 68 valence electrons. The fourth-order valence-corrected chi connectivity index (χ4v) is 2.27. The van der Waals surface area contributed by atoms with Crippen LogP contribution in [0.3, 0.4) is 0 Å². The number of hydrogen-bond acceptors (Lipinski definition) is 2. The third-order valence-electron chi connectivity index (χ3n) is 2.34. The molecule has 0 aliphatic heterocycles. The number of nitrogens with zero attached hydrogens (tertiary/aromatic N) is 1. The lowest BCUT2D eigenvalue weighted by Crippen LogP contribution is -2.04. The van der Waals surface area contributed by atoms with E-state index in [9.17, 15) is 0 Å². The van der Waals surface area contributed by atoms with Crippen molar-refractivity contribution in [3.63, 3.8) is 0 Å². The maximum absolute atomic E-state index is 8.99. The van der Waals surface area contributed by atoms with Crippen LogP contribution < -0.4 is 0 Å². The molecule has 4 heteroatoms. The Morgan fingerprint density at radius 3 is 2.67 bits per heavy atom. The number of rotatable bonds is 3. The average Bonchev–Trinajstić information content (AvgIpc) is 2.81. The van der Waals surface area contributed by atoms with E-state index >= 15 is 0 Å². The largest absolute Gasteiger partial charge is 0.495 e. The van der Waals surface area contributed by atoms with Gasteiger partial charge >= 0.3 is 0 Å². The quantitative estimate of drug-likeness (QED) is 0.545. The van der Waals surface area contributed by atoms with Crippen LogP contribution in [0, 0.1) is 16.7 Å². The first-order valence-corrected chi connectivity index (χ1v) is 6.33. The van der Waals surface area contributed by atoms with Crippen molar-refractivity contribution in [3.8, 4) is 6.07 Å². The van der Waals surface area contributed by atoms with Gasteiger partial charge in [-0.05, 0) is 43.5 Å². The molecule has 0 amide bonds. The van der Waals surface area contributed by atoms with Crippen LogP contribution in [0.15, 0.2) is 0 Å². The highest BCUT2D eigenvalue weighted by Crippen LogP contribution is 2.49. The van der Waals surface area contributed by atoms with Gasteiger partial charge in [-0.15, -0.1) is 0 Å². The number of hydrogen-bond donors (Lipinski definition) is 2. The van der Waals surface area contributed by atoms with Gasteiger partial charge in [0, 0.05) is 0 Å². The highest BCUT2D eigenvalue weighted by Gasteiger charge is 2.42. The maximum Gasteiger partial charge on any atom is 0.196 e. The minimum atomic E-state index is -0.534. The molecule has 1 aliphatic carbocycles. The maximum atomic E-state index is 8.99. The molecule has 0 bridgehead atoms. The van der Waals surface area contributed by atoms with Gasteiger partial charge in [-0.1, -0.05) is 0 Å². The summed E-state index contributed by atoms with van der Waals surface area (Å²) in [4.78, 5) is 0. The molecular weight excluding hydrogens is 190 g/mol. The Kier molecular flexibility index (Phi) is 2.97. The number of nitriles is 1. The van der Waals surface area contributed by atoms with Crippen molar-refractivity contribution >= 4 is 27.5 Å². The van der Waals surface area contributed by atoms with E-state index in [1.54, 1.807) is 0 Å². The molecule has 1 aliphatic rings. The molecule has 12 heavy (non-hydrogen) atoms. The summed E-state index contributed by atoms with van der Waals surface area (Å²) >= 11 is 4.66. The molecule has 1 unspecified atom stereocenters. The van der Waals surface area contributed by atoms with Gasteiger partial charge in [0.1, 0.15) is 0 Å². The van der Waals surface area contributed by atoms with E-state index in [-0.39, 0.29) is 9.80 Å². The zero-order valence-electron chi connectivity index (χ0n) is 7.08. The van der Waals surface area contributed by atoms with E-state index in [1.807, 2.05) is 6.26 Å². The summed E-state index contributed by atoms with van der Waals surface area (Å²) in [6.07, 6.45) is 4.94. The second-order valence-corrected chi connectivity index (χ2v) is 6.30. The van der Waals surface area contributed by atoms with Crippen molar-refractivity contribution in [2.75, 3.05) is 12.0 Å². The zero-order chi connectivity index (χ0) is 9.19. The van der Waals surface area contributed by atoms with Crippen molar-refractivity contribution in [2.24, 2.45) is 5.41 Å². The fraction of sp³-hybridized carbons (Fsp3) is 0.750. The van der Waals surface area contributed by atoms with Crippen LogP contribution in [-0.4, -0.2) is 21.5 Å². The van der Waals surface area contributed by atoms with E-state index in [4.69, 9.17) is 10.4 Å². The molecule has 1 fully saturated rings. The minimum absolute atomic E-state index is 0.0403. The van der Waals surface area contributed by atoms with Gasteiger partial charge < -0.3 is 5.11 Å². The number of thiocarbonyl (C=S) groups is 1. The van der Waals surface area contributed by atoms with Crippen molar-refractivity contribution in [3.05, 3.63) is 0 Å². The van der Waals surface area contributed by atoms with E-state index in [0.717, 1.165) is 25.0 Å². The van der Waals surface area contributed by atoms with Crippen LogP contribution in [0.5, 0.6) is 0 Å². The van der Waals surface area contributed by atoms with Gasteiger partial charge in [0.2, 0.25) is 0 Å². The molecule has 1 rings (SSSR count). The van der Waals surface area contributed by atoms with Crippen LogP contribution in [0.1, 0.15) is 19.3 Å². The van der Waals surface area contributed by atoms with Crippen molar-refractivity contribution in [2.45, 2.75) is 19.3 Å². The SMILES string of the molecule is C[SH](CCC1(C#N)CC1)C(O)=S. The van der Waals surface area contributed by atoms with Crippen molar-refractivity contribution in [1.82, 2.24) is 0 Å². The van der Waals surface area contributed by atoms with E-state index in [0.29, 0.717) is 0 Å². The van der Waals surface area contributed by atoms with Gasteiger partial charge in [0.25, 0.3) is 0 Å². The summed E-state index contributed by atoms with van der Waals surface area (Å²) < 4.78 is 0.138. The smallest absolute Gasteiger partial charge is 0.196 e. The molecule has 2 nitrogen and oxygen atoms in total. The normalized spacial score (nSPS) is 22.5. The van der Waals surface area contributed by atoms with Gasteiger partial charge in [0.15, 0.2) is 4.38 Å². The second kappa shape index (κ2) is 3.63. The lowest BCUT2D eigenvalue weighted by Gasteiger charge is -2.13. The van der Waals surface area contributed by atoms with Crippen LogP contribution in [0.2, 0.25) is 0 Å². The number of aliphatic hydroxyl groups excluding tert-OH is 1. The minimum Gasteiger partial charge on any atom is -0.495 e. The molecule has 1 atom stereocenters. The van der Waals surface area contributed by atoms with Gasteiger partial charge in [-0.3, -0.25) is 0 Å². The molecule has 0 aromatic rings. The Hall–Kier alpha value is -0.270. The van der Waals surface area contributed by atoms with Gasteiger partial charge in [-0.25, -0.2) is 0 Å². The summed E-state index contributed by atoms with van der Waals surface area (Å²) in [5.41, 5.74) is -0.0403. The summed E-state index contributed by atoms with van der Waals surface area (Å²) in [5.74, 6) is 0.901. The van der Waals surface area contributed by atoms with E-state index in [1.165, 1.54) is 0 Å². The predicted octanol–water partition coefficient (Wildman–Crippen LogP) is 2.15. The summed E-state index contributed by atoms with van der Waals surface area (Å²) in [6, 6.07) is 2.33. The first-order chi connectivity index (χ1) is 5.59. The highest BCUT2D eigenvalue weighted by molar-refractivity contribution is 8.35. The Bertz CT molecular complexity index is 230. The zero-order valence-corrected chi connectivity index (χ0v) is 8.79. The second-order valence-electron chi connectivity index (χ2n) is 3.35. The van der Waals surface area contributed by atoms with Crippen molar-refractivity contribution in [1.29, 1.82) is 5.26 Å². The third kappa shape index (κ3) is 2.36. The molecule has 1 N–H and O–H groups in total. The number of aliphatic hydroxyl groups is 1. The van der Waals surface area contributed by atoms with E-state index < -0.39 is 10.9 Å². The summed E-state index contributed by atoms with van der Waals surface area (Å²) in [7, 11) is -0.534. The molecule has 0 radical (unpaired) electrons. The Labute approximate surface area is 80.9 Å². The molecule has 0 aromatic carbocycles.